The molecule has 0 aliphatic carbocycles. The number of nitrogens with zero attached hydrogens (tertiary/aromatic N) is 2. The highest BCUT2D eigenvalue weighted by atomic mass is 16.5. The fraction of sp³-hybridized carbons (Fsp3) is 0.400. The summed E-state index contributed by atoms with van der Waals surface area (Å²) < 4.78 is 7.45. The number of ether oxygens (including phenoxy) is 1. The molecule has 4 nitrogen and oxygen atoms in total. The van der Waals surface area contributed by atoms with Crippen LogP contribution in [0.1, 0.15) is 29.3 Å². The second kappa shape index (κ2) is 5.05. The minimum Gasteiger partial charge on any atom is -0.493 e. The third kappa shape index (κ3) is 2.63. The molecule has 1 aromatic heterocycles. The van der Waals surface area contributed by atoms with Crippen LogP contribution in [-0.4, -0.2) is 16.2 Å². The molecule has 0 radical (unpaired) electrons. The highest BCUT2D eigenvalue weighted by molar-refractivity contribution is 5.39. The van der Waals surface area contributed by atoms with E-state index in [1.807, 2.05) is 17.8 Å². The van der Waals surface area contributed by atoms with Gasteiger partial charge in [0.2, 0.25) is 0 Å². The molecule has 0 fully saturated rings. The molecule has 2 aromatic rings. The van der Waals surface area contributed by atoms with Crippen molar-refractivity contribution in [3.63, 3.8) is 0 Å². The Kier molecular flexibility index (Phi) is 3.25. The van der Waals surface area contributed by atoms with Gasteiger partial charge >= 0.3 is 0 Å². The predicted molar refractivity (Wildman–Crippen MR) is 74.1 cm³/mol. The summed E-state index contributed by atoms with van der Waals surface area (Å²) in [7, 11) is 1.96. The molecular weight excluding hydrogens is 238 g/mol. The Morgan fingerprint density at radius 1 is 1.47 bits per heavy atom. The van der Waals surface area contributed by atoms with Crippen LogP contribution in [0, 0.1) is 0 Å². The van der Waals surface area contributed by atoms with Gasteiger partial charge in [-0.1, -0.05) is 12.1 Å². The highest BCUT2D eigenvalue weighted by Crippen LogP contribution is 2.27. The van der Waals surface area contributed by atoms with Crippen molar-refractivity contribution in [2.24, 2.45) is 12.8 Å². The van der Waals surface area contributed by atoms with Gasteiger partial charge in [-0.05, 0) is 30.0 Å². The van der Waals surface area contributed by atoms with Crippen LogP contribution in [0.5, 0.6) is 5.75 Å². The van der Waals surface area contributed by atoms with Gasteiger partial charge in [0.25, 0.3) is 0 Å². The number of imidazole rings is 1. The van der Waals surface area contributed by atoms with Crippen molar-refractivity contribution < 1.29 is 4.74 Å². The van der Waals surface area contributed by atoms with Crippen LogP contribution in [0.4, 0.5) is 0 Å². The minimum atomic E-state index is 0.00528. The summed E-state index contributed by atoms with van der Waals surface area (Å²) in [4.78, 5) is 4.30. The Morgan fingerprint density at radius 2 is 2.37 bits per heavy atom. The maximum atomic E-state index is 6.17. The van der Waals surface area contributed by atoms with Gasteiger partial charge in [0, 0.05) is 25.7 Å². The molecule has 1 aliphatic heterocycles. The Balaban J connectivity index is 1.63. The van der Waals surface area contributed by atoms with E-state index in [1.165, 1.54) is 11.1 Å². The summed E-state index contributed by atoms with van der Waals surface area (Å²) in [6.07, 6.45) is 6.69. The molecule has 0 bridgehead atoms. The van der Waals surface area contributed by atoms with Crippen molar-refractivity contribution in [1.82, 2.24) is 9.55 Å². The van der Waals surface area contributed by atoms with Gasteiger partial charge in [0.05, 0.1) is 18.6 Å². The molecule has 1 unspecified atom stereocenters. The third-order valence-corrected chi connectivity index (χ3v) is 3.60. The van der Waals surface area contributed by atoms with Crippen LogP contribution in [0.15, 0.2) is 30.7 Å². The summed E-state index contributed by atoms with van der Waals surface area (Å²) in [5.41, 5.74) is 9.79. The lowest BCUT2D eigenvalue weighted by molar-refractivity contribution is 0.357. The summed E-state index contributed by atoms with van der Waals surface area (Å²) in [5.74, 6) is 1.04. The third-order valence-electron chi connectivity index (χ3n) is 3.60. The first kappa shape index (κ1) is 12.2. The SMILES string of the molecule is Cn1cnc(C(N)CCc2ccc3c(c2)CCO3)c1. The first-order chi connectivity index (χ1) is 9.22. The van der Waals surface area contributed by atoms with Gasteiger partial charge in [0.1, 0.15) is 5.75 Å². The Hall–Kier alpha value is -1.81. The first-order valence-corrected chi connectivity index (χ1v) is 6.70. The van der Waals surface area contributed by atoms with E-state index in [0.717, 1.165) is 37.3 Å². The molecule has 2 heterocycles. The lowest BCUT2D eigenvalue weighted by atomic mass is 10.0. The second-order valence-corrected chi connectivity index (χ2v) is 5.15. The fourth-order valence-electron chi connectivity index (χ4n) is 2.49. The minimum absolute atomic E-state index is 0.00528. The summed E-state index contributed by atoms with van der Waals surface area (Å²) >= 11 is 0. The molecule has 1 aromatic carbocycles. The van der Waals surface area contributed by atoms with Gasteiger partial charge in [-0.2, -0.15) is 0 Å². The van der Waals surface area contributed by atoms with Crippen LogP contribution >= 0.6 is 0 Å². The van der Waals surface area contributed by atoms with Crippen molar-refractivity contribution in [1.29, 1.82) is 0 Å². The van der Waals surface area contributed by atoms with Gasteiger partial charge in [-0.3, -0.25) is 0 Å². The van der Waals surface area contributed by atoms with Crippen molar-refractivity contribution in [3.8, 4) is 5.75 Å². The van der Waals surface area contributed by atoms with E-state index < -0.39 is 0 Å². The number of hydrogen-bond donors (Lipinski definition) is 1. The molecule has 19 heavy (non-hydrogen) atoms. The summed E-state index contributed by atoms with van der Waals surface area (Å²) in [6, 6.07) is 6.46. The number of rotatable bonds is 4. The smallest absolute Gasteiger partial charge is 0.122 e. The summed E-state index contributed by atoms with van der Waals surface area (Å²) in [5, 5.41) is 0. The van der Waals surface area contributed by atoms with Gasteiger partial charge in [-0.15, -0.1) is 0 Å². The molecule has 1 atom stereocenters. The average molecular weight is 257 g/mol. The maximum absolute atomic E-state index is 6.17. The van der Waals surface area contributed by atoms with E-state index in [2.05, 4.69) is 23.2 Å². The first-order valence-electron chi connectivity index (χ1n) is 6.70. The average Bonchev–Trinajstić information content (AvgIpc) is 3.03. The molecule has 3 rings (SSSR count). The molecule has 100 valence electrons. The molecular formula is C15H19N3O. The van der Waals surface area contributed by atoms with E-state index in [0.29, 0.717) is 0 Å². The number of fused-ring (bicyclic) bond motifs is 1. The van der Waals surface area contributed by atoms with E-state index in [9.17, 15) is 0 Å². The van der Waals surface area contributed by atoms with Crippen LogP contribution in [0.2, 0.25) is 0 Å². The highest BCUT2D eigenvalue weighted by Gasteiger charge is 2.13. The second-order valence-electron chi connectivity index (χ2n) is 5.15. The van der Waals surface area contributed by atoms with Crippen LogP contribution < -0.4 is 10.5 Å². The quantitative estimate of drug-likeness (QED) is 0.911. The zero-order chi connectivity index (χ0) is 13.2. The number of benzene rings is 1. The normalized spacial score (nSPS) is 15.1. The molecule has 0 amide bonds. The van der Waals surface area contributed by atoms with Crippen LogP contribution in [0.25, 0.3) is 0 Å². The number of hydrogen-bond acceptors (Lipinski definition) is 3. The zero-order valence-electron chi connectivity index (χ0n) is 11.2. The standard InChI is InChI=1S/C15H19N3O/c1-18-9-14(17-10-18)13(16)4-2-11-3-5-15-12(8-11)6-7-19-15/h3,5,8-10,13H,2,4,6-7,16H2,1H3. The van der Waals surface area contributed by atoms with E-state index in [4.69, 9.17) is 10.5 Å². The fourth-order valence-corrected chi connectivity index (χ4v) is 2.49. The lowest BCUT2D eigenvalue weighted by Crippen LogP contribution is -2.11. The molecule has 0 saturated heterocycles. The predicted octanol–water partition coefficient (Wildman–Crippen LogP) is 1.99. The van der Waals surface area contributed by atoms with Gasteiger partial charge in [-0.25, -0.2) is 4.98 Å². The van der Waals surface area contributed by atoms with E-state index >= 15 is 0 Å². The Morgan fingerprint density at radius 3 is 3.16 bits per heavy atom. The molecule has 1 aliphatic rings. The van der Waals surface area contributed by atoms with E-state index in [1.54, 1.807) is 6.33 Å². The van der Waals surface area contributed by atoms with Crippen molar-refractivity contribution in [2.45, 2.75) is 25.3 Å². The summed E-state index contributed by atoms with van der Waals surface area (Å²) in [6.45, 7) is 0.812. The van der Waals surface area contributed by atoms with Crippen LogP contribution in [0.3, 0.4) is 0 Å². The monoisotopic (exact) mass is 257 g/mol. The molecule has 0 saturated carbocycles. The zero-order valence-corrected chi connectivity index (χ0v) is 11.2. The lowest BCUT2D eigenvalue weighted by Gasteiger charge is -2.09. The maximum Gasteiger partial charge on any atom is 0.122 e. The van der Waals surface area contributed by atoms with Crippen LogP contribution in [-0.2, 0) is 19.9 Å². The van der Waals surface area contributed by atoms with Gasteiger partial charge in [0.15, 0.2) is 0 Å². The number of aromatic nitrogens is 2. The largest absolute Gasteiger partial charge is 0.493 e. The topological polar surface area (TPSA) is 53.1 Å². The molecule has 2 N–H and O–H groups in total. The Bertz CT molecular complexity index is 577. The van der Waals surface area contributed by atoms with Crippen molar-refractivity contribution in [2.75, 3.05) is 6.61 Å². The van der Waals surface area contributed by atoms with Gasteiger partial charge < -0.3 is 15.0 Å². The number of aryl methyl sites for hydroxylation is 2. The van der Waals surface area contributed by atoms with Crippen molar-refractivity contribution >= 4 is 0 Å². The molecule has 0 spiro atoms. The molecule has 4 heteroatoms. The van der Waals surface area contributed by atoms with E-state index in [-0.39, 0.29) is 6.04 Å². The Labute approximate surface area is 113 Å². The number of nitrogens with two attached hydrogens (primary N) is 1. The van der Waals surface area contributed by atoms with Crippen molar-refractivity contribution in [3.05, 3.63) is 47.5 Å².